The van der Waals surface area contributed by atoms with Crippen molar-refractivity contribution in [1.29, 1.82) is 0 Å². The molecule has 0 amide bonds. The lowest BCUT2D eigenvalue weighted by molar-refractivity contribution is 0.196. The van der Waals surface area contributed by atoms with Crippen molar-refractivity contribution in [3.05, 3.63) is 54.1 Å². The number of sulfonamides is 2. The van der Waals surface area contributed by atoms with Crippen LogP contribution in [-0.4, -0.2) is 35.4 Å². The topological polar surface area (TPSA) is 92.3 Å². The van der Waals surface area contributed by atoms with Crippen molar-refractivity contribution < 1.29 is 21.2 Å². The quantitative estimate of drug-likeness (QED) is 0.641. The van der Waals surface area contributed by atoms with E-state index in [9.17, 15) is 21.2 Å². The van der Waals surface area contributed by atoms with Gasteiger partial charge in [0.15, 0.2) is 0 Å². The lowest BCUT2D eigenvalue weighted by Gasteiger charge is -2.22. The Labute approximate surface area is 166 Å². The molecule has 0 fully saturated rings. The number of benzene rings is 2. The number of anilines is 1. The molecule has 2 aromatic rings. The molecule has 0 radical (unpaired) electrons. The molecule has 0 spiro atoms. The van der Waals surface area contributed by atoms with Crippen LogP contribution < -0.4 is 9.44 Å². The maximum absolute atomic E-state index is 15.0. The minimum Gasteiger partial charge on any atom is -0.284 e. The van der Waals surface area contributed by atoms with Crippen LogP contribution in [0.25, 0.3) is 11.1 Å². The van der Waals surface area contributed by atoms with Crippen LogP contribution in [0.4, 0.5) is 10.1 Å². The van der Waals surface area contributed by atoms with Gasteiger partial charge in [-0.15, -0.1) is 0 Å². The van der Waals surface area contributed by atoms with Crippen LogP contribution in [0.3, 0.4) is 0 Å². The Balaban J connectivity index is 2.18. The maximum Gasteiger partial charge on any atom is 0.229 e. The summed E-state index contributed by atoms with van der Waals surface area (Å²) in [6, 6.07) is 13.5. The monoisotopic (exact) mass is 428 g/mol. The minimum atomic E-state index is -3.49. The molecule has 0 bridgehead atoms. The van der Waals surface area contributed by atoms with E-state index < -0.39 is 25.7 Å². The number of hydrogen-bond donors (Lipinski definition) is 2. The van der Waals surface area contributed by atoms with Crippen LogP contribution in [0.5, 0.6) is 0 Å². The van der Waals surface area contributed by atoms with Gasteiger partial charge in [-0.1, -0.05) is 43.3 Å². The summed E-state index contributed by atoms with van der Waals surface area (Å²) in [4.78, 5) is 0. The fourth-order valence-electron chi connectivity index (χ4n) is 2.67. The van der Waals surface area contributed by atoms with E-state index in [-0.39, 0.29) is 12.3 Å². The molecule has 2 aromatic carbocycles. The molecule has 2 N–H and O–H groups in total. The standard InChI is InChI=1S/C19H25FN2O4S2/c1-4-12-28(25,26)21-14-19(2,20)17-10-8-15(9-11-17)16-6-5-7-18(13-16)22-27(3,23)24/h5-11,13,21-22H,4,12,14H2,1-3H3. The summed E-state index contributed by atoms with van der Waals surface area (Å²) in [5, 5.41) is 0. The van der Waals surface area contributed by atoms with Gasteiger partial charge in [0.2, 0.25) is 20.0 Å². The zero-order valence-corrected chi connectivity index (χ0v) is 17.7. The molecule has 154 valence electrons. The highest BCUT2D eigenvalue weighted by Crippen LogP contribution is 2.29. The Morgan fingerprint density at radius 2 is 1.64 bits per heavy atom. The molecule has 0 aromatic heterocycles. The maximum atomic E-state index is 15.0. The summed E-state index contributed by atoms with van der Waals surface area (Å²) in [5.41, 5.74) is 0.470. The van der Waals surface area contributed by atoms with Gasteiger partial charge < -0.3 is 0 Å². The van der Waals surface area contributed by atoms with E-state index in [4.69, 9.17) is 0 Å². The zero-order valence-electron chi connectivity index (χ0n) is 16.1. The molecule has 0 heterocycles. The largest absolute Gasteiger partial charge is 0.284 e. The minimum absolute atomic E-state index is 0.0418. The van der Waals surface area contributed by atoms with Crippen molar-refractivity contribution in [1.82, 2.24) is 4.72 Å². The van der Waals surface area contributed by atoms with Gasteiger partial charge in [-0.3, -0.25) is 4.72 Å². The third-order valence-corrected chi connectivity index (χ3v) is 6.22. The number of alkyl halides is 1. The SMILES string of the molecule is CCCS(=O)(=O)NCC(C)(F)c1ccc(-c2cccc(NS(C)(=O)=O)c2)cc1. The second kappa shape index (κ2) is 8.59. The van der Waals surface area contributed by atoms with Gasteiger partial charge in [-0.25, -0.2) is 25.9 Å². The molecule has 0 aliphatic carbocycles. The van der Waals surface area contributed by atoms with Gasteiger partial charge >= 0.3 is 0 Å². The van der Waals surface area contributed by atoms with Gasteiger partial charge in [0.25, 0.3) is 0 Å². The first-order valence-electron chi connectivity index (χ1n) is 8.77. The van der Waals surface area contributed by atoms with Crippen LogP contribution in [0.1, 0.15) is 25.8 Å². The average Bonchev–Trinajstić information content (AvgIpc) is 2.59. The highest BCUT2D eigenvalue weighted by Gasteiger charge is 2.27. The van der Waals surface area contributed by atoms with Crippen LogP contribution in [0.15, 0.2) is 48.5 Å². The summed E-state index contributed by atoms with van der Waals surface area (Å²) in [6.45, 7) is 2.72. The number of hydrogen-bond acceptors (Lipinski definition) is 4. The molecular formula is C19H25FN2O4S2. The summed E-state index contributed by atoms with van der Waals surface area (Å²) < 4.78 is 65.9. The highest BCUT2D eigenvalue weighted by atomic mass is 32.2. The average molecular weight is 429 g/mol. The second-order valence-corrected chi connectivity index (χ2v) is 10.5. The Kier molecular flexibility index (Phi) is 6.84. The van der Waals surface area contributed by atoms with E-state index in [2.05, 4.69) is 9.44 Å². The summed E-state index contributed by atoms with van der Waals surface area (Å²) >= 11 is 0. The van der Waals surface area contributed by atoms with E-state index in [1.165, 1.54) is 6.92 Å². The smallest absolute Gasteiger partial charge is 0.229 e. The van der Waals surface area contributed by atoms with Crippen molar-refractivity contribution in [2.75, 3.05) is 23.3 Å². The predicted octanol–water partition coefficient (Wildman–Crippen LogP) is 3.24. The second-order valence-electron chi connectivity index (χ2n) is 6.87. The third-order valence-electron chi connectivity index (χ3n) is 4.08. The van der Waals surface area contributed by atoms with Gasteiger partial charge in [0.1, 0.15) is 5.67 Å². The van der Waals surface area contributed by atoms with Gasteiger partial charge in [0, 0.05) is 12.2 Å². The van der Waals surface area contributed by atoms with E-state index in [0.717, 1.165) is 17.4 Å². The van der Waals surface area contributed by atoms with Crippen molar-refractivity contribution >= 4 is 25.7 Å². The lowest BCUT2D eigenvalue weighted by atomic mass is 9.95. The molecule has 1 unspecified atom stereocenters. The molecule has 9 heteroatoms. The molecular weight excluding hydrogens is 403 g/mol. The number of halogens is 1. The normalized spacial score (nSPS) is 14.4. The Morgan fingerprint density at radius 3 is 2.21 bits per heavy atom. The Hall–Kier alpha value is -1.97. The first kappa shape index (κ1) is 22.3. The molecule has 0 saturated carbocycles. The third kappa shape index (κ3) is 6.57. The van der Waals surface area contributed by atoms with E-state index >= 15 is 0 Å². The fraction of sp³-hybridized carbons (Fsp3) is 0.368. The molecule has 0 aliphatic rings. The molecule has 1 atom stereocenters. The van der Waals surface area contributed by atoms with Gasteiger partial charge in [0.05, 0.1) is 12.0 Å². The van der Waals surface area contributed by atoms with Gasteiger partial charge in [-0.05, 0) is 42.2 Å². The zero-order chi connectivity index (χ0) is 21.0. The molecule has 6 nitrogen and oxygen atoms in total. The molecule has 28 heavy (non-hydrogen) atoms. The highest BCUT2D eigenvalue weighted by molar-refractivity contribution is 7.92. The Bertz CT molecular complexity index is 1020. The fourth-order valence-corrected chi connectivity index (χ4v) is 4.40. The van der Waals surface area contributed by atoms with Crippen LogP contribution in [0, 0.1) is 0 Å². The van der Waals surface area contributed by atoms with E-state index in [0.29, 0.717) is 17.7 Å². The summed E-state index contributed by atoms with van der Waals surface area (Å²) in [7, 11) is -6.87. The van der Waals surface area contributed by atoms with E-state index in [1.54, 1.807) is 49.4 Å². The summed E-state index contributed by atoms with van der Waals surface area (Å²) in [5.74, 6) is -0.0418. The number of nitrogens with one attached hydrogen (secondary N) is 2. The van der Waals surface area contributed by atoms with Crippen molar-refractivity contribution in [3.63, 3.8) is 0 Å². The first-order valence-corrected chi connectivity index (χ1v) is 12.3. The first-order chi connectivity index (χ1) is 12.9. The van der Waals surface area contributed by atoms with Gasteiger partial charge in [-0.2, -0.15) is 0 Å². The van der Waals surface area contributed by atoms with Crippen LogP contribution in [0.2, 0.25) is 0 Å². The van der Waals surface area contributed by atoms with Crippen molar-refractivity contribution in [2.24, 2.45) is 0 Å². The summed E-state index contributed by atoms with van der Waals surface area (Å²) in [6.07, 6.45) is 1.53. The van der Waals surface area contributed by atoms with Crippen LogP contribution in [-0.2, 0) is 25.7 Å². The van der Waals surface area contributed by atoms with Crippen molar-refractivity contribution in [2.45, 2.75) is 25.9 Å². The van der Waals surface area contributed by atoms with E-state index in [1.807, 2.05) is 6.07 Å². The van der Waals surface area contributed by atoms with Crippen molar-refractivity contribution in [3.8, 4) is 11.1 Å². The predicted molar refractivity (Wildman–Crippen MR) is 111 cm³/mol. The van der Waals surface area contributed by atoms with Crippen LogP contribution >= 0.6 is 0 Å². The number of rotatable bonds is 9. The Morgan fingerprint density at radius 1 is 1.00 bits per heavy atom. The molecule has 0 aliphatic heterocycles. The molecule has 2 rings (SSSR count). The lowest BCUT2D eigenvalue weighted by Crippen LogP contribution is -2.36. The molecule has 0 saturated heterocycles.